The van der Waals surface area contributed by atoms with Crippen LogP contribution in [0, 0.1) is 0 Å². The summed E-state index contributed by atoms with van der Waals surface area (Å²) in [7, 11) is 0. The van der Waals surface area contributed by atoms with Crippen LogP contribution < -0.4 is 0 Å². The maximum Gasteiger partial charge on any atom is -0.0533 e. The molecule has 0 rings (SSSR count). The summed E-state index contributed by atoms with van der Waals surface area (Å²) in [4.78, 5) is 0. The second kappa shape index (κ2) is 20.0. The molecule has 0 spiro atoms. The maximum atomic E-state index is 3.36. The summed E-state index contributed by atoms with van der Waals surface area (Å²) in [5.74, 6) is 0. The summed E-state index contributed by atoms with van der Waals surface area (Å²) in [5, 5.41) is 0. The van der Waals surface area contributed by atoms with Crippen LogP contribution in [0.1, 0.15) is 78.1 Å². The van der Waals surface area contributed by atoms with Crippen LogP contribution in [-0.4, -0.2) is 0 Å². The molecule has 0 unspecified atom stereocenters. The van der Waals surface area contributed by atoms with Gasteiger partial charge in [-0.2, -0.15) is 0 Å². The van der Waals surface area contributed by atoms with Crippen molar-refractivity contribution in [1.29, 1.82) is 0 Å². The van der Waals surface area contributed by atoms with E-state index in [1.807, 2.05) is 0 Å². The van der Waals surface area contributed by atoms with Crippen molar-refractivity contribution in [2.75, 3.05) is 0 Å². The van der Waals surface area contributed by atoms with Gasteiger partial charge in [0.2, 0.25) is 0 Å². The molecular formula is C16H32. The first kappa shape index (κ1) is 17.9. The first-order valence-corrected chi connectivity index (χ1v) is 7.06. The Morgan fingerprint density at radius 1 is 0.562 bits per heavy atom. The second-order valence-electron chi connectivity index (χ2n) is 4.30. The van der Waals surface area contributed by atoms with Crippen LogP contribution in [0.3, 0.4) is 0 Å². The van der Waals surface area contributed by atoms with Crippen molar-refractivity contribution in [2.45, 2.75) is 78.1 Å². The van der Waals surface area contributed by atoms with E-state index in [0.29, 0.717) is 0 Å². The molecule has 0 aliphatic heterocycles. The Morgan fingerprint density at radius 3 is 1.00 bits per heavy atom. The van der Waals surface area contributed by atoms with Gasteiger partial charge in [-0.15, -0.1) is 0 Å². The monoisotopic (exact) mass is 224 g/mol. The largest absolute Gasteiger partial charge is 0.0991 e. The Bertz CT molecular complexity index is 108. The van der Waals surface area contributed by atoms with E-state index in [1.54, 1.807) is 12.2 Å². The van der Waals surface area contributed by atoms with Crippen molar-refractivity contribution in [1.82, 2.24) is 0 Å². The fourth-order valence-corrected chi connectivity index (χ4v) is 1.56. The summed E-state index contributed by atoms with van der Waals surface area (Å²) in [6.45, 7) is 11.3. The molecule has 96 valence electrons. The quantitative estimate of drug-likeness (QED) is 0.302. The third kappa shape index (κ3) is 23.4. The van der Waals surface area contributed by atoms with Crippen LogP contribution >= 0.6 is 0 Å². The van der Waals surface area contributed by atoms with Gasteiger partial charge in [0.15, 0.2) is 0 Å². The Balaban J connectivity index is 0. The lowest BCUT2D eigenvalue weighted by molar-refractivity contribution is 0.562. The number of rotatable bonds is 10. The molecule has 0 saturated heterocycles. The van der Waals surface area contributed by atoms with Crippen molar-refractivity contribution in [3.8, 4) is 0 Å². The van der Waals surface area contributed by atoms with E-state index in [4.69, 9.17) is 0 Å². The van der Waals surface area contributed by atoms with Crippen molar-refractivity contribution in [3.63, 3.8) is 0 Å². The molecule has 0 bridgehead atoms. The van der Waals surface area contributed by atoms with Gasteiger partial charge in [0, 0.05) is 0 Å². The molecule has 0 heteroatoms. The lowest BCUT2D eigenvalue weighted by atomic mass is 10.1. The highest BCUT2D eigenvalue weighted by Crippen LogP contribution is 2.09. The summed E-state index contributed by atoms with van der Waals surface area (Å²) in [6.07, 6.45) is 17.7. The maximum absolute atomic E-state index is 3.36. The van der Waals surface area contributed by atoms with Gasteiger partial charge >= 0.3 is 0 Å². The van der Waals surface area contributed by atoms with Gasteiger partial charge < -0.3 is 0 Å². The summed E-state index contributed by atoms with van der Waals surface area (Å²) in [5.41, 5.74) is 0. The van der Waals surface area contributed by atoms with Gasteiger partial charge in [-0.25, -0.2) is 0 Å². The minimum absolute atomic E-state index is 1.37. The SMILES string of the molecule is C=CC=C.CCCCCCCCCCCC. The van der Waals surface area contributed by atoms with Crippen molar-refractivity contribution >= 4 is 0 Å². The molecule has 0 aromatic rings. The van der Waals surface area contributed by atoms with Gasteiger partial charge in [-0.3, -0.25) is 0 Å². The molecule has 0 nitrogen and oxygen atoms in total. The van der Waals surface area contributed by atoms with E-state index in [2.05, 4.69) is 27.0 Å². The molecule has 0 N–H and O–H groups in total. The summed E-state index contributed by atoms with van der Waals surface area (Å²) in [6, 6.07) is 0. The number of unbranched alkanes of at least 4 members (excludes halogenated alkanes) is 9. The molecular weight excluding hydrogens is 192 g/mol. The highest BCUT2D eigenvalue weighted by Gasteiger charge is 1.90. The Morgan fingerprint density at radius 2 is 0.812 bits per heavy atom. The fraction of sp³-hybridized carbons (Fsp3) is 0.750. The predicted octanol–water partition coefficient (Wildman–Crippen LogP) is 6.29. The zero-order valence-corrected chi connectivity index (χ0v) is 11.6. The summed E-state index contributed by atoms with van der Waals surface area (Å²) >= 11 is 0. The number of hydrogen-bond donors (Lipinski definition) is 0. The Kier molecular flexibility index (Phi) is 22.3. The van der Waals surface area contributed by atoms with E-state index in [9.17, 15) is 0 Å². The van der Waals surface area contributed by atoms with Crippen LogP contribution in [0.5, 0.6) is 0 Å². The van der Waals surface area contributed by atoms with Crippen LogP contribution in [-0.2, 0) is 0 Å². The smallest absolute Gasteiger partial charge is 0.0533 e. The Labute approximate surface area is 104 Å². The normalized spacial score (nSPS) is 9.12. The van der Waals surface area contributed by atoms with Gasteiger partial charge in [0.05, 0.1) is 0 Å². The summed E-state index contributed by atoms with van der Waals surface area (Å²) < 4.78 is 0. The molecule has 0 fully saturated rings. The molecule has 0 aliphatic carbocycles. The standard InChI is InChI=1S/C12H26.C4H6/c1-3-5-7-9-11-12-10-8-6-4-2;1-3-4-2/h3-12H2,1-2H3;3-4H,1-2H2. The van der Waals surface area contributed by atoms with E-state index in [0.717, 1.165) is 0 Å². The first-order chi connectivity index (χ1) is 7.83. The van der Waals surface area contributed by atoms with E-state index >= 15 is 0 Å². The molecule has 0 aliphatic rings. The highest BCUT2D eigenvalue weighted by molar-refractivity contribution is 4.88. The van der Waals surface area contributed by atoms with Crippen molar-refractivity contribution in [3.05, 3.63) is 25.3 Å². The fourth-order valence-electron chi connectivity index (χ4n) is 1.56. The molecule has 0 aromatic carbocycles. The third-order valence-corrected chi connectivity index (χ3v) is 2.62. The molecule has 0 saturated carbocycles. The number of allylic oxidation sites excluding steroid dienone is 2. The molecule has 16 heavy (non-hydrogen) atoms. The lowest BCUT2D eigenvalue weighted by Crippen LogP contribution is -1.80. The third-order valence-electron chi connectivity index (χ3n) is 2.62. The highest BCUT2D eigenvalue weighted by atomic mass is 14.0. The van der Waals surface area contributed by atoms with E-state index in [1.165, 1.54) is 64.2 Å². The van der Waals surface area contributed by atoms with Crippen LogP contribution in [0.4, 0.5) is 0 Å². The molecule has 0 heterocycles. The molecule has 0 aromatic heterocycles. The zero-order chi connectivity index (χ0) is 12.5. The minimum atomic E-state index is 1.37. The van der Waals surface area contributed by atoms with Gasteiger partial charge in [-0.1, -0.05) is 103 Å². The van der Waals surface area contributed by atoms with E-state index < -0.39 is 0 Å². The zero-order valence-electron chi connectivity index (χ0n) is 11.6. The van der Waals surface area contributed by atoms with Gasteiger partial charge in [0.1, 0.15) is 0 Å². The minimum Gasteiger partial charge on any atom is -0.0991 e. The average Bonchev–Trinajstić information content (AvgIpc) is 2.33. The molecule has 0 atom stereocenters. The molecule has 0 amide bonds. The van der Waals surface area contributed by atoms with Crippen molar-refractivity contribution in [2.24, 2.45) is 0 Å². The second-order valence-corrected chi connectivity index (χ2v) is 4.30. The van der Waals surface area contributed by atoms with E-state index in [-0.39, 0.29) is 0 Å². The lowest BCUT2D eigenvalue weighted by Gasteiger charge is -1.99. The first-order valence-electron chi connectivity index (χ1n) is 7.06. The molecule has 0 radical (unpaired) electrons. The van der Waals surface area contributed by atoms with Crippen molar-refractivity contribution < 1.29 is 0 Å². The van der Waals surface area contributed by atoms with Gasteiger partial charge in [0.25, 0.3) is 0 Å². The van der Waals surface area contributed by atoms with Crippen LogP contribution in [0.15, 0.2) is 25.3 Å². The van der Waals surface area contributed by atoms with Gasteiger partial charge in [-0.05, 0) is 0 Å². The topological polar surface area (TPSA) is 0 Å². The number of hydrogen-bond acceptors (Lipinski definition) is 0. The Hall–Kier alpha value is -0.520. The van der Waals surface area contributed by atoms with Crippen LogP contribution in [0.2, 0.25) is 0 Å². The average molecular weight is 224 g/mol. The predicted molar refractivity (Wildman–Crippen MR) is 77.9 cm³/mol. The van der Waals surface area contributed by atoms with Crippen LogP contribution in [0.25, 0.3) is 0 Å².